The van der Waals surface area contributed by atoms with Crippen LogP contribution in [-0.2, 0) is 4.74 Å². The summed E-state index contributed by atoms with van der Waals surface area (Å²) in [5, 5.41) is 2.22. The molecule has 0 bridgehead atoms. The molecule has 0 radical (unpaired) electrons. The molecular weight excluding hydrogens is 235 g/mol. The molecule has 0 aromatic carbocycles. The summed E-state index contributed by atoms with van der Waals surface area (Å²) in [5.74, 6) is 0.169. The number of nitrogens with zero attached hydrogens (tertiary/aromatic N) is 2. The van der Waals surface area contributed by atoms with Gasteiger partial charge in [-0.15, -0.1) is 0 Å². The van der Waals surface area contributed by atoms with E-state index in [4.69, 9.17) is 4.74 Å². The summed E-state index contributed by atoms with van der Waals surface area (Å²) in [5.41, 5.74) is 0.627. The van der Waals surface area contributed by atoms with Crippen LogP contribution < -0.4 is 5.32 Å². The molecule has 7 heteroatoms. The highest BCUT2D eigenvalue weighted by Crippen LogP contribution is 2.27. The number of hydrogen-bond acceptors (Lipinski definition) is 4. The summed E-state index contributed by atoms with van der Waals surface area (Å²) >= 11 is 0. The fourth-order valence-electron chi connectivity index (χ4n) is 1.65. The number of halogens is 3. The van der Waals surface area contributed by atoms with E-state index in [-0.39, 0.29) is 11.9 Å². The van der Waals surface area contributed by atoms with Crippen molar-refractivity contribution in [2.45, 2.75) is 25.1 Å². The van der Waals surface area contributed by atoms with Gasteiger partial charge in [0.1, 0.15) is 18.7 Å². The van der Waals surface area contributed by atoms with Crippen LogP contribution in [0.5, 0.6) is 0 Å². The van der Waals surface area contributed by atoms with Crippen molar-refractivity contribution in [2.75, 3.05) is 18.5 Å². The third-order valence-corrected chi connectivity index (χ3v) is 2.42. The minimum atomic E-state index is -4.25. The lowest BCUT2D eigenvalue weighted by molar-refractivity contribution is -0.115. The Kier molecular flexibility index (Phi) is 3.46. The quantitative estimate of drug-likeness (QED) is 0.890. The number of aromatic nitrogens is 2. The van der Waals surface area contributed by atoms with E-state index in [0.717, 1.165) is 12.8 Å². The summed E-state index contributed by atoms with van der Waals surface area (Å²) in [6, 6.07) is 1.50. The molecular formula is C10H12F3N3O. The summed E-state index contributed by atoms with van der Waals surface area (Å²) in [6.07, 6.45) is -1.34. The van der Waals surface area contributed by atoms with E-state index in [9.17, 15) is 13.2 Å². The molecule has 0 saturated carbocycles. The molecule has 1 aromatic rings. The van der Waals surface area contributed by atoms with Gasteiger partial charge in [-0.1, -0.05) is 0 Å². The van der Waals surface area contributed by atoms with Crippen molar-refractivity contribution in [1.29, 1.82) is 0 Å². The molecule has 17 heavy (non-hydrogen) atoms. The summed E-state index contributed by atoms with van der Waals surface area (Å²) < 4.78 is 41.4. The van der Waals surface area contributed by atoms with Gasteiger partial charge in [0.2, 0.25) is 0 Å². The Morgan fingerprint density at radius 3 is 2.88 bits per heavy atom. The van der Waals surface area contributed by atoms with Crippen molar-refractivity contribution in [1.82, 2.24) is 9.97 Å². The third kappa shape index (κ3) is 3.55. The number of rotatable bonds is 3. The average Bonchev–Trinajstić information content (AvgIpc) is 2.79. The number of nitrogens with one attached hydrogen (secondary N) is 1. The van der Waals surface area contributed by atoms with Gasteiger partial charge in [0, 0.05) is 12.7 Å². The average molecular weight is 247 g/mol. The molecule has 1 fully saturated rings. The standard InChI is InChI=1S/C10H12F3N3O/c11-10(12,13)5-14-9-4-7(15-6-16-9)8-2-1-3-17-8/h4,6,8H,1-3,5H2,(H,14,15,16). The minimum Gasteiger partial charge on any atom is -0.372 e. The molecule has 2 heterocycles. The monoisotopic (exact) mass is 247 g/mol. The molecule has 1 saturated heterocycles. The number of ether oxygens (including phenoxy) is 1. The van der Waals surface area contributed by atoms with Crippen molar-refractivity contribution in [3.8, 4) is 0 Å². The molecule has 1 atom stereocenters. The predicted molar refractivity (Wildman–Crippen MR) is 54.5 cm³/mol. The lowest BCUT2D eigenvalue weighted by Gasteiger charge is -2.11. The van der Waals surface area contributed by atoms with E-state index >= 15 is 0 Å². The van der Waals surface area contributed by atoms with Crippen LogP contribution >= 0.6 is 0 Å². The molecule has 1 aliphatic rings. The van der Waals surface area contributed by atoms with Gasteiger partial charge in [0.25, 0.3) is 0 Å². The Balaban J connectivity index is 2.01. The van der Waals surface area contributed by atoms with E-state index in [1.165, 1.54) is 12.4 Å². The summed E-state index contributed by atoms with van der Waals surface area (Å²) in [4.78, 5) is 7.74. The molecule has 0 spiro atoms. The van der Waals surface area contributed by atoms with Crippen LogP contribution in [0.2, 0.25) is 0 Å². The predicted octanol–water partition coefficient (Wildman–Crippen LogP) is 2.30. The van der Waals surface area contributed by atoms with Crippen LogP contribution in [0, 0.1) is 0 Å². The van der Waals surface area contributed by atoms with Gasteiger partial charge >= 0.3 is 6.18 Å². The highest BCUT2D eigenvalue weighted by atomic mass is 19.4. The van der Waals surface area contributed by atoms with Gasteiger partial charge in [-0.3, -0.25) is 0 Å². The normalized spacial score (nSPS) is 20.5. The highest BCUT2D eigenvalue weighted by molar-refractivity contribution is 5.35. The van der Waals surface area contributed by atoms with Crippen molar-refractivity contribution < 1.29 is 17.9 Å². The first-order valence-corrected chi connectivity index (χ1v) is 5.29. The van der Waals surface area contributed by atoms with Gasteiger partial charge in [-0.25, -0.2) is 9.97 Å². The molecule has 1 aromatic heterocycles. The van der Waals surface area contributed by atoms with Crippen molar-refractivity contribution >= 4 is 5.82 Å². The fourth-order valence-corrected chi connectivity index (χ4v) is 1.65. The fraction of sp³-hybridized carbons (Fsp3) is 0.600. The maximum atomic E-state index is 12.0. The maximum absolute atomic E-state index is 12.0. The lowest BCUT2D eigenvalue weighted by Crippen LogP contribution is -2.22. The zero-order valence-corrected chi connectivity index (χ0v) is 9.00. The van der Waals surface area contributed by atoms with E-state index in [2.05, 4.69) is 15.3 Å². The van der Waals surface area contributed by atoms with E-state index in [1.54, 1.807) is 0 Å². The molecule has 1 unspecified atom stereocenters. The van der Waals surface area contributed by atoms with Crippen LogP contribution in [0.3, 0.4) is 0 Å². The van der Waals surface area contributed by atoms with Gasteiger partial charge < -0.3 is 10.1 Å². The second-order valence-electron chi connectivity index (χ2n) is 3.80. The second kappa shape index (κ2) is 4.87. The third-order valence-electron chi connectivity index (χ3n) is 2.42. The van der Waals surface area contributed by atoms with Crippen LogP contribution in [-0.4, -0.2) is 29.3 Å². The van der Waals surface area contributed by atoms with E-state index < -0.39 is 12.7 Å². The molecule has 1 N–H and O–H groups in total. The van der Waals surface area contributed by atoms with Crippen LogP contribution in [0.1, 0.15) is 24.6 Å². The van der Waals surface area contributed by atoms with Crippen LogP contribution in [0.4, 0.5) is 19.0 Å². The molecule has 0 amide bonds. The number of alkyl halides is 3. The topological polar surface area (TPSA) is 47.0 Å². The van der Waals surface area contributed by atoms with E-state index in [1.807, 2.05) is 0 Å². The molecule has 4 nitrogen and oxygen atoms in total. The van der Waals surface area contributed by atoms with Crippen molar-refractivity contribution in [2.24, 2.45) is 0 Å². The van der Waals surface area contributed by atoms with Gasteiger partial charge in [-0.05, 0) is 12.8 Å². The SMILES string of the molecule is FC(F)(F)CNc1cc(C2CCCO2)ncn1. The largest absolute Gasteiger partial charge is 0.405 e. The van der Waals surface area contributed by atoms with Gasteiger partial charge in [0.05, 0.1) is 11.8 Å². The zero-order valence-electron chi connectivity index (χ0n) is 9.00. The van der Waals surface area contributed by atoms with Crippen LogP contribution in [0.15, 0.2) is 12.4 Å². The Hall–Kier alpha value is -1.37. The smallest absolute Gasteiger partial charge is 0.372 e. The minimum absolute atomic E-state index is 0.121. The van der Waals surface area contributed by atoms with Gasteiger partial charge in [-0.2, -0.15) is 13.2 Å². The highest BCUT2D eigenvalue weighted by Gasteiger charge is 2.27. The molecule has 2 rings (SSSR count). The first-order valence-electron chi connectivity index (χ1n) is 5.29. The Bertz CT molecular complexity index is 377. The molecule has 1 aliphatic heterocycles. The maximum Gasteiger partial charge on any atom is 0.405 e. The number of hydrogen-bond donors (Lipinski definition) is 1. The molecule has 0 aliphatic carbocycles. The number of anilines is 1. The Morgan fingerprint density at radius 1 is 1.41 bits per heavy atom. The Labute approximate surface area is 96.2 Å². The van der Waals surface area contributed by atoms with Gasteiger partial charge in [0.15, 0.2) is 0 Å². The Morgan fingerprint density at radius 2 is 2.24 bits per heavy atom. The van der Waals surface area contributed by atoms with E-state index in [0.29, 0.717) is 12.3 Å². The molecule has 94 valence electrons. The second-order valence-corrected chi connectivity index (χ2v) is 3.80. The lowest BCUT2D eigenvalue weighted by atomic mass is 10.2. The van der Waals surface area contributed by atoms with Crippen molar-refractivity contribution in [3.05, 3.63) is 18.1 Å². The van der Waals surface area contributed by atoms with Crippen molar-refractivity contribution in [3.63, 3.8) is 0 Å². The summed E-state index contributed by atoms with van der Waals surface area (Å²) in [6.45, 7) is -0.436. The first-order chi connectivity index (χ1) is 8.04. The first kappa shape index (κ1) is 12.1. The zero-order chi connectivity index (χ0) is 12.3. The van der Waals surface area contributed by atoms with Crippen LogP contribution in [0.25, 0.3) is 0 Å². The summed E-state index contributed by atoms with van der Waals surface area (Å²) in [7, 11) is 0.